The number of hydrogen-bond donors (Lipinski definition) is 4. The van der Waals surface area contributed by atoms with E-state index in [0.717, 1.165) is 39.0 Å². The maximum absolute atomic E-state index is 10.7. The van der Waals surface area contributed by atoms with Crippen LogP contribution < -0.4 is 17.2 Å². The quantitative estimate of drug-likeness (QED) is 0.316. The summed E-state index contributed by atoms with van der Waals surface area (Å²) in [6.45, 7) is 4.47. The molecule has 2 aromatic heterocycles. The zero-order valence-electron chi connectivity index (χ0n) is 17.6. The first-order valence-corrected chi connectivity index (χ1v) is 10.1. The molecule has 0 spiro atoms. The lowest BCUT2D eigenvalue weighted by atomic mass is 10.1. The van der Waals surface area contributed by atoms with Crippen LogP contribution in [0.2, 0.25) is 0 Å². The van der Waals surface area contributed by atoms with Crippen molar-refractivity contribution < 1.29 is 4.79 Å². The number of aromatic amines is 1. The molecule has 0 bridgehead atoms. The molecule has 0 aliphatic carbocycles. The maximum Gasteiger partial charge on any atom is 0.222 e. The Hall–Kier alpha value is -3.97. The van der Waals surface area contributed by atoms with E-state index in [9.17, 15) is 4.79 Å². The molecule has 0 unspecified atom stereocenters. The minimum Gasteiger partial charge on any atom is -0.383 e. The molecule has 7 N–H and O–H groups in total. The molecule has 31 heavy (non-hydrogen) atoms. The Kier molecular flexibility index (Phi) is 6.79. The molecule has 0 atom stereocenters. The van der Waals surface area contributed by atoms with E-state index in [1.165, 1.54) is 5.39 Å². The highest BCUT2D eigenvalue weighted by Gasteiger charge is 2.04. The Morgan fingerprint density at radius 1 is 0.903 bits per heavy atom. The number of nitrogen functional groups attached to an aromatic ring is 2. The number of nitrogens with one attached hydrogen (secondary N) is 1. The van der Waals surface area contributed by atoms with Crippen molar-refractivity contribution in [2.75, 3.05) is 11.5 Å². The van der Waals surface area contributed by atoms with Gasteiger partial charge in [-0.2, -0.15) is 4.98 Å². The molecule has 0 saturated heterocycles. The van der Waals surface area contributed by atoms with Gasteiger partial charge in [0, 0.05) is 22.7 Å². The molecule has 5 aromatic rings. The summed E-state index contributed by atoms with van der Waals surface area (Å²) in [7, 11) is 0. The zero-order valence-corrected chi connectivity index (χ0v) is 17.6. The van der Waals surface area contributed by atoms with Crippen molar-refractivity contribution in [3.8, 4) is 0 Å². The number of carbonyl (C=O) groups is 1. The highest BCUT2D eigenvalue weighted by molar-refractivity contribution is 6.07. The molecular formula is C24H26N6O. The van der Waals surface area contributed by atoms with Crippen LogP contribution in [-0.4, -0.2) is 21.2 Å². The van der Waals surface area contributed by atoms with Crippen LogP contribution in [0, 0.1) is 0 Å². The monoisotopic (exact) mass is 414 g/mol. The molecule has 0 aliphatic rings. The molecule has 3 aromatic carbocycles. The topological polar surface area (TPSA) is 137 Å². The molecule has 2 heterocycles. The average molecular weight is 415 g/mol. The largest absolute Gasteiger partial charge is 0.383 e. The van der Waals surface area contributed by atoms with Crippen LogP contribution >= 0.6 is 0 Å². The van der Waals surface area contributed by atoms with Gasteiger partial charge in [-0.25, -0.2) is 4.98 Å². The fourth-order valence-corrected chi connectivity index (χ4v) is 3.30. The van der Waals surface area contributed by atoms with E-state index >= 15 is 0 Å². The summed E-state index contributed by atoms with van der Waals surface area (Å²) < 4.78 is 0. The fraction of sp³-hybridized carbons (Fsp3) is 0.125. The number of anilines is 2. The minimum atomic E-state index is 0.184. The van der Waals surface area contributed by atoms with Crippen molar-refractivity contribution >= 4 is 50.6 Å². The van der Waals surface area contributed by atoms with E-state index in [2.05, 4.69) is 33.2 Å². The summed E-state index contributed by atoms with van der Waals surface area (Å²) >= 11 is 0. The standard InChI is InChI=1S/C13H9NO.C9H11N5.C2H6/c15-8-11-7-10-6-5-9-3-1-2-4-12(9)13(10)14-11;10-4-5-1-2-6-7(3-5)13-9(12)14-8(6)11;1-2/h1-8,14H;1-3H,4,10H2,(H4,11,12,13,14);1-2H3. The highest BCUT2D eigenvalue weighted by Crippen LogP contribution is 2.24. The van der Waals surface area contributed by atoms with Gasteiger partial charge in [-0.15, -0.1) is 0 Å². The maximum atomic E-state index is 10.7. The Balaban J connectivity index is 0.000000163. The molecule has 7 heteroatoms. The van der Waals surface area contributed by atoms with Crippen LogP contribution in [0.15, 0.2) is 60.7 Å². The average Bonchev–Trinajstić information content (AvgIpc) is 3.24. The molecule has 7 nitrogen and oxygen atoms in total. The third kappa shape index (κ3) is 4.62. The van der Waals surface area contributed by atoms with Gasteiger partial charge in [0.05, 0.1) is 16.7 Å². The molecule has 0 amide bonds. The molecule has 5 rings (SSSR count). The Bertz CT molecular complexity index is 1340. The third-order valence-electron chi connectivity index (χ3n) is 4.71. The van der Waals surface area contributed by atoms with Crippen molar-refractivity contribution in [3.63, 3.8) is 0 Å². The Morgan fingerprint density at radius 2 is 1.65 bits per heavy atom. The van der Waals surface area contributed by atoms with E-state index in [1.54, 1.807) is 0 Å². The lowest BCUT2D eigenvalue weighted by Crippen LogP contribution is -2.02. The van der Waals surface area contributed by atoms with Crippen LogP contribution in [0.4, 0.5) is 11.8 Å². The molecule has 0 fully saturated rings. The normalized spacial score (nSPS) is 10.3. The fourth-order valence-electron chi connectivity index (χ4n) is 3.30. The van der Waals surface area contributed by atoms with Crippen LogP contribution in [0.25, 0.3) is 32.6 Å². The van der Waals surface area contributed by atoms with Crippen LogP contribution in [0.1, 0.15) is 29.9 Å². The lowest BCUT2D eigenvalue weighted by molar-refractivity contribution is 0.112. The number of rotatable bonds is 2. The van der Waals surface area contributed by atoms with Gasteiger partial charge in [0.2, 0.25) is 5.95 Å². The minimum absolute atomic E-state index is 0.184. The van der Waals surface area contributed by atoms with Gasteiger partial charge in [0.15, 0.2) is 6.29 Å². The highest BCUT2D eigenvalue weighted by atomic mass is 16.1. The second kappa shape index (κ2) is 9.69. The summed E-state index contributed by atoms with van der Waals surface area (Å²) in [6, 6.07) is 19.7. The van der Waals surface area contributed by atoms with E-state index < -0.39 is 0 Å². The van der Waals surface area contributed by atoms with Gasteiger partial charge in [-0.05, 0) is 29.1 Å². The van der Waals surface area contributed by atoms with Gasteiger partial charge in [-0.3, -0.25) is 4.79 Å². The number of nitrogens with zero attached hydrogens (tertiary/aromatic N) is 2. The Morgan fingerprint density at radius 3 is 2.39 bits per heavy atom. The number of H-pyrrole nitrogens is 1. The van der Waals surface area contributed by atoms with Crippen molar-refractivity contribution in [1.82, 2.24) is 15.0 Å². The predicted molar refractivity (Wildman–Crippen MR) is 129 cm³/mol. The summed E-state index contributed by atoms with van der Waals surface area (Å²) in [5.74, 6) is 0.584. The van der Waals surface area contributed by atoms with Gasteiger partial charge in [0.1, 0.15) is 5.82 Å². The number of benzene rings is 3. The van der Waals surface area contributed by atoms with Crippen molar-refractivity contribution in [2.45, 2.75) is 20.4 Å². The van der Waals surface area contributed by atoms with E-state index in [-0.39, 0.29) is 5.95 Å². The number of hydrogen-bond acceptors (Lipinski definition) is 6. The second-order valence-corrected chi connectivity index (χ2v) is 6.62. The predicted octanol–water partition coefficient (Wildman–Crippen LogP) is 4.41. The summed E-state index contributed by atoms with van der Waals surface area (Å²) in [5.41, 5.74) is 20.1. The summed E-state index contributed by atoms with van der Waals surface area (Å²) in [4.78, 5) is 21.7. The number of fused-ring (bicyclic) bond motifs is 4. The molecule has 158 valence electrons. The first kappa shape index (κ1) is 21.7. The number of aromatic nitrogens is 3. The van der Waals surface area contributed by atoms with Gasteiger partial charge < -0.3 is 22.2 Å². The van der Waals surface area contributed by atoms with Crippen LogP contribution in [0.3, 0.4) is 0 Å². The summed E-state index contributed by atoms with van der Waals surface area (Å²) in [6.07, 6.45) is 0.842. The van der Waals surface area contributed by atoms with E-state index in [4.69, 9.17) is 17.2 Å². The third-order valence-corrected chi connectivity index (χ3v) is 4.71. The number of aldehydes is 1. The van der Waals surface area contributed by atoms with Gasteiger partial charge >= 0.3 is 0 Å². The van der Waals surface area contributed by atoms with Crippen molar-refractivity contribution in [1.29, 1.82) is 0 Å². The number of nitrogens with two attached hydrogens (primary N) is 3. The Labute approximate surface area is 180 Å². The lowest BCUT2D eigenvalue weighted by Gasteiger charge is -2.03. The first-order valence-electron chi connectivity index (χ1n) is 10.1. The SMILES string of the molecule is CC.NCc1ccc2c(N)nc(N)nc2c1.O=Cc1cc2ccc3ccccc3c2[nH]1. The van der Waals surface area contributed by atoms with Crippen molar-refractivity contribution in [3.05, 3.63) is 71.9 Å². The molecule has 0 saturated carbocycles. The van der Waals surface area contributed by atoms with E-state index in [1.807, 2.05) is 56.3 Å². The second-order valence-electron chi connectivity index (χ2n) is 6.62. The molecular weight excluding hydrogens is 388 g/mol. The van der Waals surface area contributed by atoms with Gasteiger partial charge in [0.25, 0.3) is 0 Å². The van der Waals surface area contributed by atoms with Gasteiger partial charge in [-0.1, -0.05) is 56.3 Å². The van der Waals surface area contributed by atoms with Crippen molar-refractivity contribution in [2.24, 2.45) is 5.73 Å². The zero-order chi connectivity index (χ0) is 22.4. The van der Waals surface area contributed by atoms with Crippen LogP contribution in [-0.2, 0) is 6.54 Å². The first-order chi connectivity index (χ1) is 15.1. The number of carbonyl (C=O) groups excluding carboxylic acids is 1. The smallest absolute Gasteiger partial charge is 0.222 e. The van der Waals surface area contributed by atoms with Crippen LogP contribution in [0.5, 0.6) is 0 Å². The summed E-state index contributed by atoms with van der Waals surface area (Å²) in [5, 5.41) is 4.22. The molecule has 0 radical (unpaired) electrons. The molecule has 0 aliphatic heterocycles. The van der Waals surface area contributed by atoms with E-state index in [0.29, 0.717) is 18.1 Å².